The highest BCUT2D eigenvalue weighted by molar-refractivity contribution is 7.92. The van der Waals surface area contributed by atoms with Gasteiger partial charge in [-0.2, -0.15) is 0 Å². The Balaban J connectivity index is 1.96. The van der Waals surface area contributed by atoms with Gasteiger partial charge in [-0.3, -0.25) is 9.59 Å². The average molecular weight is 479 g/mol. The van der Waals surface area contributed by atoms with Crippen molar-refractivity contribution in [1.82, 2.24) is 4.90 Å². The Kier molecular flexibility index (Phi) is 7.89. The smallest absolute Gasteiger partial charge is 0.254 e. The molecule has 34 heavy (non-hydrogen) atoms. The fraction of sp³-hybridized carbons (Fsp3) is 0.259. The summed E-state index contributed by atoms with van der Waals surface area (Å²) in [5.74, 6) is -0.381. The Morgan fingerprint density at radius 1 is 0.882 bits per heavy atom. The van der Waals surface area contributed by atoms with Gasteiger partial charge in [0, 0.05) is 24.7 Å². The summed E-state index contributed by atoms with van der Waals surface area (Å²) in [6.45, 7) is 7.02. The molecule has 2 amide bonds. The minimum Gasteiger partial charge on any atom is -0.328 e. The van der Waals surface area contributed by atoms with E-state index in [0.717, 1.165) is 11.1 Å². The molecule has 3 aromatic rings. The first-order chi connectivity index (χ1) is 16.1. The van der Waals surface area contributed by atoms with Crippen LogP contribution < -0.4 is 5.32 Å². The molecule has 1 N–H and O–H groups in total. The summed E-state index contributed by atoms with van der Waals surface area (Å²) < 4.78 is 24.9. The molecular weight excluding hydrogens is 448 g/mol. The zero-order valence-corrected chi connectivity index (χ0v) is 20.7. The molecular formula is C27H30N2O4S. The second-order valence-electron chi connectivity index (χ2n) is 8.52. The molecule has 3 rings (SSSR count). The maximum atomic E-state index is 13.6. The van der Waals surface area contributed by atoms with Gasteiger partial charge in [-0.05, 0) is 68.3 Å². The fourth-order valence-corrected chi connectivity index (χ4v) is 4.71. The van der Waals surface area contributed by atoms with Crippen LogP contribution in [0.3, 0.4) is 0 Å². The normalized spacial score (nSPS) is 12.3. The van der Waals surface area contributed by atoms with Crippen molar-refractivity contribution in [3.63, 3.8) is 0 Å². The lowest BCUT2D eigenvalue weighted by Crippen LogP contribution is -2.33. The van der Waals surface area contributed by atoms with E-state index in [1.807, 2.05) is 55.5 Å². The third-order valence-corrected chi connectivity index (χ3v) is 7.83. The summed E-state index contributed by atoms with van der Waals surface area (Å²) in [6.07, 6.45) is 0. The van der Waals surface area contributed by atoms with Crippen molar-refractivity contribution >= 4 is 27.3 Å². The van der Waals surface area contributed by atoms with Gasteiger partial charge in [-0.1, -0.05) is 42.5 Å². The molecule has 0 saturated heterocycles. The summed E-state index contributed by atoms with van der Waals surface area (Å²) in [5.41, 5.74) is 2.91. The monoisotopic (exact) mass is 478 g/mol. The van der Waals surface area contributed by atoms with Gasteiger partial charge in [-0.15, -0.1) is 0 Å². The van der Waals surface area contributed by atoms with Gasteiger partial charge >= 0.3 is 0 Å². The first kappa shape index (κ1) is 25.2. The van der Waals surface area contributed by atoms with Crippen LogP contribution in [0.1, 0.15) is 55.2 Å². The van der Waals surface area contributed by atoms with Crippen molar-refractivity contribution in [1.29, 1.82) is 0 Å². The molecule has 0 radical (unpaired) electrons. The predicted molar refractivity (Wildman–Crippen MR) is 134 cm³/mol. The van der Waals surface area contributed by atoms with E-state index in [2.05, 4.69) is 5.32 Å². The van der Waals surface area contributed by atoms with E-state index in [4.69, 9.17) is 0 Å². The summed E-state index contributed by atoms with van der Waals surface area (Å²) in [7, 11) is -3.42. The molecule has 0 spiro atoms. The number of amides is 2. The summed E-state index contributed by atoms with van der Waals surface area (Å²) in [6, 6.07) is 22.9. The lowest BCUT2D eigenvalue weighted by atomic mass is 10.0. The minimum absolute atomic E-state index is 0.168. The third-order valence-electron chi connectivity index (χ3n) is 5.66. The molecule has 0 bridgehead atoms. The second-order valence-corrected chi connectivity index (χ2v) is 11.0. The van der Waals surface area contributed by atoms with Crippen LogP contribution in [-0.4, -0.2) is 30.4 Å². The minimum atomic E-state index is -3.42. The van der Waals surface area contributed by atoms with Gasteiger partial charge in [0.25, 0.3) is 5.91 Å². The van der Waals surface area contributed by atoms with Crippen LogP contribution in [-0.2, 0) is 21.2 Å². The van der Waals surface area contributed by atoms with Crippen LogP contribution >= 0.6 is 0 Å². The van der Waals surface area contributed by atoms with Gasteiger partial charge < -0.3 is 10.2 Å². The van der Waals surface area contributed by atoms with Crippen LogP contribution in [0.25, 0.3) is 0 Å². The average Bonchev–Trinajstić information content (AvgIpc) is 2.82. The number of nitrogens with one attached hydrogen (secondary N) is 1. The zero-order valence-electron chi connectivity index (χ0n) is 19.9. The Morgan fingerprint density at radius 3 is 2.12 bits per heavy atom. The molecule has 0 aliphatic heterocycles. The standard InChI is InChI=1S/C27H30N2O4S/c1-19(2)34(32,33)26-15-13-23(14-16-26)27(31)29(18-22-9-6-5-7-10-22)20(3)24-11-8-12-25(17-24)28-21(4)30/h5-17,19-20H,18H2,1-4H3,(H,28,30). The van der Waals surface area contributed by atoms with Crippen LogP contribution in [0.5, 0.6) is 0 Å². The molecule has 1 unspecified atom stereocenters. The quantitative estimate of drug-likeness (QED) is 0.480. The number of hydrogen-bond donors (Lipinski definition) is 1. The molecule has 178 valence electrons. The third kappa shape index (κ3) is 5.91. The lowest BCUT2D eigenvalue weighted by molar-refractivity contribution is -0.114. The van der Waals surface area contributed by atoms with E-state index in [9.17, 15) is 18.0 Å². The number of sulfone groups is 1. The topological polar surface area (TPSA) is 83.6 Å². The maximum absolute atomic E-state index is 13.6. The first-order valence-electron chi connectivity index (χ1n) is 11.2. The van der Waals surface area contributed by atoms with Crippen LogP contribution in [0, 0.1) is 0 Å². The van der Waals surface area contributed by atoms with Crippen molar-refractivity contribution in [2.45, 2.75) is 50.4 Å². The summed E-state index contributed by atoms with van der Waals surface area (Å²) in [4.78, 5) is 27.1. The van der Waals surface area contributed by atoms with Crippen molar-refractivity contribution in [2.24, 2.45) is 0 Å². The van der Waals surface area contributed by atoms with Gasteiger partial charge in [-0.25, -0.2) is 8.42 Å². The highest BCUT2D eigenvalue weighted by atomic mass is 32.2. The van der Waals surface area contributed by atoms with E-state index in [1.165, 1.54) is 19.1 Å². The van der Waals surface area contributed by atoms with Crippen molar-refractivity contribution in [2.75, 3.05) is 5.32 Å². The molecule has 6 nitrogen and oxygen atoms in total. The molecule has 0 fully saturated rings. The summed E-state index contributed by atoms with van der Waals surface area (Å²) in [5, 5.41) is 2.24. The van der Waals surface area contributed by atoms with Crippen LogP contribution in [0.2, 0.25) is 0 Å². The number of anilines is 1. The van der Waals surface area contributed by atoms with Crippen molar-refractivity contribution in [3.8, 4) is 0 Å². The SMILES string of the molecule is CC(=O)Nc1cccc(C(C)N(Cc2ccccc2)C(=O)c2ccc(S(=O)(=O)C(C)C)cc2)c1. The number of benzene rings is 3. The number of hydrogen-bond acceptors (Lipinski definition) is 4. The van der Waals surface area contributed by atoms with E-state index >= 15 is 0 Å². The van der Waals surface area contributed by atoms with E-state index in [-0.39, 0.29) is 22.8 Å². The predicted octanol–water partition coefficient (Wildman–Crippen LogP) is 5.23. The molecule has 0 aromatic heterocycles. The zero-order chi connectivity index (χ0) is 24.9. The Labute approximate surface area is 201 Å². The second kappa shape index (κ2) is 10.7. The molecule has 0 aliphatic rings. The Morgan fingerprint density at radius 2 is 1.53 bits per heavy atom. The molecule has 7 heteroatoms. The van der Waals surface area contributed by atoms with E-state index in [1.54, 1.807) is 36.9 Å². The molecule has 3 aromatic carbocycles. The molecule has 0 aliphatic carbocycles. The molecule has 0 saturated carbocycles. The van der Waals surface area contributed by atoms with Crippen LogP contribution in [0.4, 0.5) is 5.69 Å². The number of nitrogens with zero attached hydrogens (tertiary/aromatic N) is 1. The Hall–Kier alpha value is -3.45. The molecule has 0 heterocycles. The van der Waals surface area contributed by atoms with Crippen LogP contribution in [0.15, 0.2) is 83.8 Å². The fourth-order valence-electron chi connectivity index (χ4n) is 3.65. The molecule has 1 atom stereocenters. The van der Waals surface area contributed by atoms with Gasteiger partial charge in [0.15, 0.2) is 9.84 Å². The van der Waals surface area contributed by atoms with E-state index in [0.29, 0.717) is 17.8 Å². The number of carbonyl (C=O) groups excluding carboxylic acids is 2. The van der Waals surface area contributed by atoms with Crippen molar-refractivity contribution in [3.05, 3.63) is 95.6 Å². The van der Waals surface area contributed by atoms with Gasteiger partial charge in [0.05, 0.1) is 16.2 Å². The van der Waals surface area contributed by atoms with Gasteiger partial charge in [0.1, 0.15) is 0 Å². The maximum Gasteiger partial charge on any atom is 0.254 e. The number of rotatable bonds is 8. The summed E-state index contributed by atoms with van der Waals surface area (Å²) >= 11 is 0. The van der Waals surface area contributed by atoms with Crippen molar-refractivity contribution < 1.29 is 18.0 Å². The van der Waals surface area contributed by atoms with E-state index < -0.39 is 15.1 Å². The number of carbonyl (C=O) groups is 2. The highest BCUT2D eigenvalue weighted by Crippen LogP contribution is 2.27. The first-order valence-corrected chi connectivity index (χ1v) is 12.7. The lowest BCUT2D eigenvalue weighted by Gasteiger charge is -2.30. The van der Waals surface area contributed by atoms with Gasteiger partial charge in [0.2, 0.25) is 5.91 Å². The largest absolute Gasteiger partial charge is 0.328 e. The highest BCUT2D eigenvalue weighted by Gasteiger charge is 2.25. The Bertz CT molecular complexity index is 1250.